The van der Waals surface area contributed by atoms with Crippen LogP contribution in [-0.2, 0) is 0 Å². The lowest BCUT2D eigenvalue weighted by Gasteiger charge is -2.03. The van der Waals surface area contributed by atoms with Crippen molar-refractivity contribution >= 4 is 42.6 Å². The molecule has 0 radical (unpaired) electrons. The molecule has 4 heteroatoms. The van der Waals surface area contributed by atoms with Crippen LogP contribution in [-0.4, -0.2) is 8.75 Å². The summed E-state index contributed by atoms with van der Waals surface area (Å²) >= 11 is 0. The molecule has 0 aliphatic rings. The lowest BCUT2D eigenvalue weighted by atomic mass is 10.0. The zero-order valence-electron chi connectivity index (χ0n) is 9.91. The van der Waals surface area contributed by atoms with Crippen molar-refractivity contribution in [1.29, 1.82) is 0 Å². The normalized spacial score (nSPS) is 11.2. The maximum absolute atomic E-state index is 4.30. The second-order valence-electron chi connectivity index (χ2n) is 4.42. The highest BCUT2D eigenvalue weighted by atomic mass is 32.9. The fourth-order valence-corrected chi connectivity index (χ4v) is 3.48. The van der Waals surface area contributed by atoms with Gasteiger partial charge in [-0.3, -0.25) is 0 Å². The predicted octanol–water partition coefficient (Wildman–Crippen LogP) is 4.85. The van der Waals surface area contributed by atoms with E-state index >= 15 is 0 Å². The summed E-state index contributed by atoms with van der Waals surface area (Å²) in [5.41, 5.74) is 1.08. The van der Waals surface area contributed by atoms with E-state index in [9.17, 15) is 0 Å². The van der Waals surface area contributed by atoms with Crippen molar-refractivity contribution in [3.05, 3.63) is 54.6 Å². The molecule has 0 saturated carbocycles. The van der Waals surface area contributed by atoms with E-state index in [1.807, 2.05) is 0 Å². The molecule has 1 heterocycles. The predicted molar refractivity (Wildman–Crippen MR) is 82.6 cm³/mol. The molecule has 4 rings (SSSR count). The first-order chi connectivity index (χ1) is 9.40. The van der Waals surface area contributed by atoms with E-state index in [-0.39, 0.29) is 0 Å². The first kappa shape index (κ1) is 11.0. The van der Waals surface area contributed by atoms with Gasteiger partial charge in [-0.15, -0.1) is 4.37 Å². The van der Waals surface area contributed by atoms with Gasteiger partial charge in [0.05, 0.1) is 4.37 Å². The first-order valence-corrected chi connectivity index (χ1v) is 8.01. The average molecular weight is 281 g/mol. The van der Waals surface area contributed by atoms with Gasteiger partial charge in [-0.2, -0.15) is 0 Å². The molecule has 0 unspecified atom stereocenters. The molecule has 90 valence electrons. The van der Waals surface area contributed by atoms with E-state index in [2.05, 4.69) is 63.3 Å². The summed E-state index contributed by atoms with van der Waals surface area (Å²) < 4.78 is 8.61. The van der Waals surface area contributed by atoms with Crippen LogP contribution in [0.2, 0.25) is 0 Å². The second kappa shape index (κ2) is 4.33. The van der Waals surface area contributed by atoms with Crippen LogP contribution in [0.1, 0.15) is 0 Å². The van der Waals surface area contributed by atoms with Gasteiger partial charge in [0, 0.05) is 5.56 Å². The second-order valence-corrected chi connectivity index (χ2v) is 5.97. The number of aromatic nitrogens is 2. The zero-order chi connectivity index (χ0) is 12.7. The van der Waals surface area contributed by atoms with Crippen LogP contribution < -0.4 is 0 Å². The standard InChI is InChI=1S/C15H9N2S2/c1-2-4-11-8-14-9-13(15-16-18-19-17-15)6-5-12(14)7-10(11)3-1/h1-9H/q+1. The molecular formula is C15H9N2S2+. The molecule has 4 aromatic rings. The van der Waals surface area contributed by atoms with E-state index in [0.29, 0.717) is 0 Å². The smallest absolute Gasteiger partial charge is 0.112 e. The van der Waals surface area contributed by atoms with Crippen LogP contribution >= 0.6 is 21.1 Å². The van der Waals surface area contributed by atoms with Gasteiger partial charge in [0.1, 0.15) is 0 Å². The van der Waals surface area contributed by atoms with Gasteiger partial charge in [0.15, 0.2) is 0 Å². The summed E-state index contributed by atoms with van der Waals surface area (Å²) in [5, 5.41) is 5.02. The van der Waals surface area contributed by atoms with Crippen LogP contribution in [0.15, 0.2) is 54.6 Å². The Morgan fingerprint density at radius 3 is 2.26 bits per heavy atom. The van der Waals surface area contributed by atoms with Crippen LogP contribution in [0.25, 0.3) is 32.9 Å². The molecule has 0 aliphatic heterocycles. The van der Waals surface area contributed by atoms with E-state index in [1.54, 1.807) is 0 Å². The Hall–Kier alpha value is -1.91. The molecule has 0 atom stereocenters. The van der Waals surface area contributed by atoms with Crippen LogP contribution in [0.5, 0.6) is 0 Å². The first-order valence-electron chi connectivity index (χ1n) is 5.95. The average Bonchev–Trinajstić information content (AvgIpc) is 2.98. The molecule has 0 fully saturated rings. The Morgan fingerprint density at radius 1 is 0.789 bits per heavy atom. The highest BCUT2D eigenvalue weighted by molar-refractivity contribution is 7.64. The third-order valence-electron chi connectivity index (χ3n) is 3.24. The van der Waals surface area contributed by atoms with Crippen molar-refractivity contribution < 1.29 is 0 Å². The maximum atomic E-state index is 4.30. The third kappa shape index (κ3) is 1.89. The van der Waals surface area contributed by atoms with Crippen LogP contribution in [0.4, 0.5) is 0 Å². The van der Waals surface area contributed by atoms with E-state index in [0.717, 1.165) is 11.4 Å². The Morgan fingerprint density at radius 2 is 1.53 bits per heavy atom. The summed E-state index contributed by atoms with van der Waals surface area (Å²) in [6.07, 6.45) is 0. The van der Waals surface area contributed by atoms with Crippen molar-refractivity contribution in [3.8, 4) is 11.4 Å². The largest absolute Gasteiger partial charge is 0.462 e. The van der Waals surface area contributed by atoms with Crippen molar-refractivity contribution in [3.63, 3.8) is 0 Å². The Balaban J connectivity index is 2.00. The Kier molecular flexibility index (Phi) is 2.50. The number of rotatable bonds is 1. The maximum Gasteiger partial charge on any atom is 0.462 e. The molecule has 0 spiro atoms. The molecule has 1 aromatic heterocycles. The third-order valence-corrected chi connectivity index (χ3v) is 4.45. The van der Waals surface area contributed by atoms with Crippen molar-refractivity contribution in [2.75, 3.05) is 0 Å². The molecule has 0 saturated heterocycles. The molecule has 3 aromatic carbocycles. The lowest BCUT2D eigenvalue weighted by molar-refractivity contribution is 1.39. The minimum Gasteiger partial charge on any atom is -0.112 e. The van der Waals surface area contributed by atoms with Gasteiger partial charge in [-0.05, 0) is 39.7 Å². The van der Waals surface area contributed by atoms with E-state index < -0.39 is 0 Å². The molecule has 0 amide bonds. The Labute approximate surface area is 117 Å². The lowest BCUT2D eigenvalue weighted by Crippen LogP contribution is -1.81. The molecular weight excluding hydrogens is 272 g/mol. The van der Waals surface area contributed by atoms with Gasteiger partial charge in [0.25, 0.3) is 0 Å². The fraction of sp³-hybridized carbons (Fsp3) is 0. The fourth-order valence-electron chi connectivity index (χ4n) is 2.31. The minimum atomic E-state index is 0.824. The number of nitrogens with zero attached hydrogens (tertiary/aromatic N) is 2. The van der Waals surface area contributed by atoms with Gasteiger partial charge < -0.3 is 0 Å². The highest BCUT2D eigenvalue weighted by Crippen LogP contribution is 2.27. The minimum absolute atomic E-state index is 0.824. The van der Waals surface area contributed by atoms with Crippen molar-refractivity contribution in [2.45, 2.75) is 0 Å². The molecule has 0 aliphatic carbocycles. The Bertz CT molecular complexity index is 870. The molecule has 0 N–H and O–H groups in total. The summed E-state index contributed by atoms with van der Waals surface area (Å²) in [5.74, 6) is 0.824. The van der Waals surface area contributed by atoms with Gasteiger partial charge in [-0.25, -0.2) is 0 Å². The van der Waals surface area contributed by atoms with Gasteiger partial charge in [-0.1, -0.05) is 36.4 Å². The molecule has 0 bridgehead atoms. The number of hydrogen-bond donors (Lipinski definition) is 0. The SMILES string of the molecule is c1ccc2cc3cc(-c4ns[s+]n4)ccc3cc2c1. The monoisotopic (exact) mass is 281 g/mol. The van der Waals surface area contributed by atoms with E-state index in [1.165, 1.54) is 42.6 Å². The number of benzene rings is 3. The quantitative estimate of drug-likeness (QED) is 0.283. The summed E-state index contributed by atoms with van der Waals surface area (Å²) in [7, 11) is 2.85. The summed E-state index contributed by atoms with van der Waals surface area (Å²) in [4.78, 5) is 0. The summed E-state index contributed by atoms with van der Waals surface area (Å²) in [6, 6.07) is 19.3. The molecule has 2 nitrogen and oxygen atoms in total. The van der Waals surface area contributed by atoms with Gasteiger partial charge >= 0.3 is 21.1 Å². The van der Waals surface area contributed by atoms with Crippen LogP contribution in [0.3, 0.4) is 0 Å². The number of hydrogen-bond acceptors (Lipinski definition) is 3. The summed E-state index contributed by atoms with van der Waals surface area (Å²) in [6.45, 7) is 0. The van der Waals surface area contributed by atoms with Gasteiger partial charge in [0.2, 0.25) is 5.82 Å². The number of fused-ring (bicyclic) bond motifs is 2. The van der Waals surface area contributed by atoms with Crippen molar-refractivity contribution in [2.24, 2.45) is 0 Å². The topological polar surface area (TPSA) is 25.8 Å². The van der Waals surface area contributed by atoms with Crippen molar-refractivity contribution in [1.82, 2.24) is 8.75 Å². The highest BCUT2D eigenvalue weighted by Gasteiger charge is 2.10. The molecule has 19 heavy (non-hydrogen) atoms. The van der Waals surface area contributed by atoms with E-state index in [4.69, 9.17) is 0 Å². The zero-order valence-corrected chi connectivity index (χ0v) is 11.5. The van der Waals surface area contributed by atoms with Crippen LogP contribution in [0, 0.1) is 0 Å².